The normalized spacial score (nSPS) is 19.2. The van der Waals surface area contributed by atoms with Crippen molar-refractivity contribution >= 4 is 19.2 Å². The van der Waals surface area contributed by atoms with Gasteiger partial charge in [-0.15, -0.1) is 0 Å². The van der Waals surface area contributed by atoms with Crippen LogP contribution in [0.4, 0.5) is 0 Å². The number of hydrogen-bond donors (Lipinski definition) is 0. The first-order valence-corrected chi connectivity index (χ1v) is 11.1. The topological polar surface area (TPSA) is 14.2 Å². The highest BCUT2D eigenvalue weighted by atomic mass is 28.4. The van der Waals surface area contributed by atoms with Crippen LogP contribution in [-0.2, 0) is 11.0 Å². The number of para-hydroxylation sites is 1. The quantitative estimate of drug-likeness (QED) is 0.515. The molecule has 0 radical (unpaired) electrons. The number of rotatable bonds is 2. The first-order chi connectivity index (χ1) is 10.3. The van der Waals surface area contributed by atoms with E-state index in [4.69, 9.17) is 4.43 Å². The minimum Gasteiger partial charge on any atom is -0.408 e. The molecule has 1 aromatic carbocycles. The third-order valence-electron chi connectivity index (χ3n) is 5.22. The molecule has 1 unspecified atom stereocenters. The van der Waals surface area contributed by atoms with E-state index in [-0.39, 0.29) is 11.1 Å². The predicted molar refractivity (Wildman–Crippen MR) is 96.7 cm³/mol. The highest BCUT2D eigenvalue weighted by Crippen LogP contribution is 2.41. The molecular formula is C19H27NOSi. The van der Waals surface area contributed by atoms with Crippen LogP contribution in [0, 0.1) is 0 Å². The Hall–Kier alpha value is -1.32. The van der Waals surface area contributed by atoms with E-state index in [1.54, 1.807) is 0 Å². The standard InChI is InChI=1S/C19H27NOSi/c1-19(2,3)22(4,5)21-18-12-8-9-13-20-16-11-7-6-10-15(16)14-17(18)20/h6-11,14,18H,12-13H2,1-5H3. The Bertz CT molecular complexity index is 706. The molecule has 0 spiro atoms. The van der Waals surface area contributed by atoms with Crippen molar-refractivity contribution < 1.29 is 4.43 Å². The van der Waals surface area contributed by atoms with Gasteiger partial charge in [-0.25, -0.2) is 0 Å². The molecule has 0 saturated carbocycles. The average Bonchev–Trinajstić information content (AvgIpc) is 2.69. The maximum atomic E-state index is 6.75. The molecule has 1 aliphatic heterocycles. The van der Waals surface area contributed by atoms with Crippen molar-refractivity contribution in [2.75, 3.05) is 0 Å². The van der Waals surface area contributed by atoms with Crippen molar-refractivity contribution in [3.8, 4) is 0 Å². The van der Waals surface area contributed by atoms with E-state index >= 15 is 0 Å². The summed E-state index contributed by atoms with van der Waals surface area (Å²) in [6.45, 7) is 12.5. The zero-order chi connectivity index (χ0) is 16.0. The second-order valence-corrected chi connectivity index (χ2v) is 12.6. The first kappa shape index (κ1) is 15.6. The molecule has 3 rings (SSSR count). The summed E-state index contributed by atoms with van der Waals surface area (Å²) >= 11 is 0. The zero-order valence-electron chi connectivity index (χ0n) is 14.4. The SMILES string of the molecule is CC(C)(C)[Si](C)(C)OC1CC=CCn2c1cc1ccccc12. The molecule has 2 aromatic rings. The Morgan fingerprint density at radius 3 is 2.59 bits per heavy atom. The summed E-state index contributed by atoms with van der Waals surface area (Å²) in [4.78, 5) is 0. The van der Waals surface area contributed by atoms with E-state index < -0.39 is 8.32 Å². The summed E-state index contributed by atoms with van der Waals surface area (Å²) < 4.78 is 9.16. The molecule has 1 aromatic heterocycles. The second-order valence-electron chi connectivity index (χ2n) is 7.81. The first-order valence-electron chi connectivity index (χ1n) is 8.20. The number of benzene rings is 1. The number of allylic oxidation sites excluding steroid dienone is 1. The van der Waals surface area contributed by atoms with Crippen LogP contribution in [0.1, 0.15) is 39.0 Å². The number of hydrogen-bond acceptors (Lipinski definition) is 1. The summed E-state index contributed by atoms with van der Waals surface area (Å²) in [6, 6.07) is 11.0. The van der Waals surface area contributed by atoms with Crippen molar-refractivity contribution in [3.05, 3.63) is 48.2 Å². The van der Waals surface area contributed by atoms with Gasteiger partial charge in [-0.2, -0.15) is 0 Å². The minimum absolute atomic E-state index is 0.173. The van der Waals surface area contributed by atoms with E-state index in [0.29, 0.717) is 0 Å². The molecule has 0 bridgehead atoms. The Labute approximate surface area is 134 Å². The van der Waals surface area contributed by atoms with Crippen LogP contribution in [-0.4, -0.2) is 12.9 Å². The van der Waals surface area contributed by atoms with E-state index in [0.717, 1.165) is 13.0 Å². The van der Waals surface area contributed by atoms with E-state index in [2.05, 4.69) is 80.9 Å². The molecule has 2 nitrogen and oxygen atoms in total. The molecule has 1 atom stereocenters. The van der Waals surface area contributed by atoms with E-state index in [9.17, 15) is 0 Å². The van der Waals surface area contributed by atoms with Crippen molar-refractivity contribution in [2.24, 2.45) is 0 Å². The summed E-state index contributed by atoms with van der Waals surface area (Å²) in [5.74, 6) is 0. The Morgan fingerprint density at radius 1 is 1.14 bits per heavy atom. The minimum atomic E-state index is -1.78. The van der Waals surface area contributed by atoms with Crippen molar-refractivity contribution in [3.63, 3.8) is 0 Å². The predicted octanol–water partition coefficient (Wildman–Crippen LogP) is 5.66. The Morgan fingerprint density at radius 2 is 1.86 bits per heavy atom. The molecular weight excluding hydrogens is 286 g/mol. The van der Waals surface area contributed by atoms with Crippen LogP contribution in [0.15, 0.2) is 42.5 Å². The molecule has 2 heterocycles. The maximum absolute atomic E-state index is 6.75. The monoisotopic (exact) mass is 313 g/mol. The Balaban J connectivity index is 2.03. The van der Waals surface area contributed by atoms with E-state index in [1.165, 1.54) is 16.6 Å². The van der Waals surface area contributed by atoms with Crippen LogP contribution in [0.5, 0.6) is 0 Å². The van der Waals surface area contributed by atoms with Gasteiger partial charge in [-0.05, 0) is 42.1 Å². The fraction of sp³-hybridized carbons (Fsp3) is 0.474. The molecule has 0 fully saturated rings. The molecule has 118 valence electrons. The lowest BCUT2D eigenvalue weighted by Gasteiger charge is -2.39. The lowest BCUT2D eigenvalue weighted by atomic mass is 10.2. The van der Waals surface area contributed by atoms with Gasteiger partial charge in [-0.1, -0.05) is 51.1 Å². The van der Waals surface area contributed by atoms with Crippen LogP contribution < -0.4 is 0 Å². The van der Waals surface area contributed by atoms with Crippen LogP contribution in [0.3, 0.4) is 0 Å². The van der Waals surface area contributed by atoms with Gasteiger partial charge in [0.2, 0.25) is 0 Å². The molecule has 3 heteroatoms. The van der Waals surface area contributed by atoms with Gasteiger partial charge in [0.05, 0.1) is 6.10 Å². The molecule has 22 heavy (non-hydrogen) atoms. The summed E-state index contributed by atoms with van der Waals surface area (Å²) in [7, 11) is -1.78. The zero-order valence-corrected chi connectivity index (χ0v) is 15.4. The van der Waals surface area contributed by atoms with Crippen LogP contribution in [0.25, 0.3) is 10.9 Å². The molecule has 0 amide bonds. The average molecular weight is 314 g/mol. The largest absolute Gasteiger partial charge is 0.408 e. The number of aromatic nitrogens is 1. The van der Waals surface area contributed by atoms with Gasteiger partial charge < -0.3 is 8.99 Å². The van der Waals surface area contributed by atoms with Crippen LogP contribution >= 0.6 is 0 Å². The summed E-state index contributed by atoms with van der Waals surface area (Å²) in [5, 5.41) is 1.55. The highest BCUT2D eigenvalue weighted by molar-refractivity contribution is 6.74. The molecule has 0 aliphatic carbocycles. The second kappa shape index (κ2) is 5.39. The summed E-state index contributed by atoms with van der Waals surface area (Å²) in [6.07, 6.45) is 5.69. The molecule has 0 saturated heterocycles. The van der Waals surface area contributed by atoms with Gasteiger partial charge >= 0.3 is 0 Å². The lowest BCUT2D eigenvalue weighted by Crippen LogP contribution is -2.42. The van der Waals surface area contributed by atoms with Gasteiger partial charge in [0.1, 0.15) is 0 Å². The van der Waals surface area contributed by atoms with Gasteiger partial charge in [0.15, 0.2) is 8.32 Å². The fourth-order valence-corrected chi connectivity index (χ4v) is 4.15. The van der Waals surface area contributed by atoms with Crippen LogP contribution in [0.2, 0.25) is 18.1 Å². The highest BCUT2D eigenvalue weighted by Gasteiger charge is 2.40. The van der Waals surface area contributed by atoms with Gasteiger partial charge in [-0.3, -0.25) is 0 Å². The maximum Gasteiger partial charge on any atom is 0.193 e. The third kappa shape index (κ3) is 2.68. The van der Waals surface area contributed by atoms with Crippen molar-refractivity contribution in [1.82, 2.24) is 4.57 Å². The smallest absolute Gasteiger partial charge is 0.193 e. The number of fused-ring (bicyclic) bond motifs is 3. The van der Waals surface area contributed by atoms with Gasteiger partial charge in [0, 0.05) is 17.8 Å². The fourth-order valence-electron chi connectivity index (χ4n) is 2.86. The molecule has 1 aliphatic rings. The lowest BCUT2D eigenvalue weighted by molar-refractivity contribution is 0.180. The number of nitrogens with zero attached hydrogens (tertiary/aromatic N) is 1. The van der Waals surface area contributed by atoms with Gasteiger partial charge in [0.25, 0.3) is 0 Å². The van der Waals surface area contributed by atoms with Crippen molar-refractivity contribution in [2.45, 2.75) is 58.0 Å². The van der Waals surface area contributed by atoms with Crippen molar-refractivity contribution in [1.29, 1.82) is 0 Å². The summed E-state index contributed by atoms with van der Waals surface area (Å²) in [5.41, 5.74) is 2.64. The molecule has 0 N–H and O–H groups in total. The third-order valence-corrected chi connectivity index (χ3v) is 9.71. The Kier molecular flexibility index (Phi) is 3.82. The van der Waals surface area contributed by atoms with E-state index in [1.807, 2.05) is 0 Å².